The van der Waals surface area contributed by atoms with Gasteiger partial charge in [0.1, 0.15) is 6.61 Å². The van der Waals surface area contributed by atoms with Crippen LogP contribution in [-0.2, 0) is 23.9 Å². The number of carboxylic acids is 2. The van der Waals surface area contributed by atoms with Crippen molar-refractivity contribution in [1.29, 1.82) is 0 Å². The Bertz CT molecular complexity index is 423. The van der Waals surface area contributed by atoms with Crippen LogP contribution in [0.15, 0.2) is 0 Å². The molecule has 0 aliphatic rings. The molecule has 0 aromatic heterocycles. The van der Waals surface area contributed by atoms with Gasteiger partial charge >= 0.3 is 11.9 Å². The lowest BCUT2D eigenvalue weighted by Crippen LogP contribution is -2.27. The van der Waals surface area contributed by atoms with Gasteiger partial charge in [-0.05, 0) is 26.4 Å². The number of hydrogen-bond acceptors (Lipinski definition) is 7. The summed E-state index contributed by atoms with van der Waals surface area (Å²) >= 11 is 0. The van der Waals surface area contributed by atoms with Crippen molar-refractivity contribution >= 4 is 17.8 Å². The molecule has 0 heterocycles. The van der Waals surface area contributed by atoms with Crippen LogP contribution >= 0.6 is 0 Å². The third-order valence-electron chi connectivity index (χ3n) is 3.86. The Morgan fingerprint density at radius 2 is 1.37 bits per heavy atom. The number of unbranched alkanes of at least 4 members (excludes halogenated alkanes) is 6. The highest BCUT2D eigenvalue weighted by molar-refractivity contribution is 5.75. The number of amides is 1. The number of nitrogens with one attached hydrogen (secondary N) is 2. The lowest BCUT2D eigenvalue weighted by Gasteiger charge is -2.07. The summed E-state index contributed by atoms with van der Waals surface area (Å²) in [6, 6.07) is 0. The summed E-state index contributed by atoms with van der Waals surface area (Å²) in [5.41, 5.74) is 5.43. The maximum Gasteiger partial charge on any atom is 0.329 e. The number of carbonyl (C=O) groups excluding carboxylic acids is 1. The SMILES string of the molecule is CNCCC(=O)O.NCCCCCCCCCC(=O)NCCOCCOCC(=O)O. The quantitative estimate of drug-likeness (QED) is 0.176. The molecule has 0 aliphatic carbocycles. The molecule has 10 nitrogen and oxygen atoms in total. The van der Waals surface area contributed by atoms with E-state index in [1.807, 2.05) is 0 Å². The first-order valence-corrected chi connectivity index (χ1v) is 10.6. The number of rotatable bonds is 20. The summed E-state index contributed by atoms with van der Waals surface area (Å²) in [5, 5.41) is 21.9. The second-order valence-corrected chi connectivity index (χ2v) is 6.67. The fourth-order valence-corrected chi connectivity index (χ4v) is 2.28. The Morgan fingerprint density at radius 3 is 1.90 bits per heavy atom. The number of carboxylic acid groups (broad SMARTS) is 2. The molecule has 0 rings (SSSR count). The van der Waals surface area contributed by atoms with E-state index in [1.54, 1.807) is 7.05 Å². The van der Waals surface area contributed by atoms with Gasteiger partial charge in [0, 0.05) is 19.5 Å². The molecule has 178 valence electrons. The van der Waals surface area contributed by atoms with Gasteiger partial charge in [-0.15, -0.1) is 0 Å². The molecule has 0 aromatic carbocycles. The molecule has 0 atom stereocenters. The molecule has 10 heteroatoms. The van der Waals surface area contributed by atoms with Crippen molar-refractivity contribution in [2.45, 2.75) is 57.8 Å². The van der Waals surface area contributed by atoms with Crippen LogP contribution in [0.2, 0.25) is 0 Å². The zero-order valence-electron chi connectivity index (χ0n) is 18.3. The van der Waals surface area contributed by atoms with Crippen molar-refractivity contribution in [3.8, 4) is 0 Å². The molecule has 30 heavy (non-hydrogen) atoms. The topological polar surface area (TPSA) is 160 Å². The Morgan fingerprint density at radius 1 is 0.767 bits per heavy atom. The standard InChI is InChI=1S/C16H32N2O5.C4H9NO2/c17-9-7-5-3-1-2-4-6-8-15(19)18-10-11-22-12-13-23-14-16(20)21;1-5-3-2-4(6)7/h1-14,17H2,(H,18,19)(H,20,21);5H,2-3H2,1H3,(H,6,7). The molecular formula is C20H41N3O7. The molecule has 0 unspecified atom stereocenters. The minimum absolute atomic E-state index is 0.0545. The van der Waals surface area contributed by atoms with E-state index in [2.05, 4.69) is 10.6 Å². The third kappa shape index (κ3) is 31.0. The molecule has 0 saturated heterocycles. The highest BCUT2D eigenvalue weighted by Crippen LogP contribution is 2.08. The van der Waals surface area contributed by atoms with E-state index in [1.165, 1.54) is 25.7 Å². The van der Waals surface area contributed by atoms with Crippen molar-refractivity contribution in [1.82, 2.24) is 10.6 Å². The molecule has 0 spiro atoms. The lowest BCUT2D eigenvalue weighted by molar-refractivity contribution is -0.142. The number of aliphatic carboxylic acids is 2. The largest absolute Gasteiger partial charge is 0.481 e. The molecule has 6 N–H and O–H groups in total. The zero-order chi connectivity index (χ0) is 22.9. The number of ether oxygens (including phenoxy) is 2. The van der Waals surface area contributed by atoms with E-state index < -0.39 is 11.9 Å². The van der Waals surface area contributed by atoms with E-state index >= 15 is 0 Å². The van der Waals surface area contributed by atoms with Crippen LogP contribution in [0.4, 0.5) is 0 Å². The summed E-state index contributed by atoms with van der Waals surface area (Å²) in [4.78, 5) is 31.5. The molecule has 0 bridgehead atoms. The van der Waals surface area contributed by atoms with E-state index in [9.17, 15) is 14.4 Å². The van der Waals surface area contributed by atoms with Gasteiger partial charge in [0.2, 0.25) is 5.91 Å². The van der Waals surface area contributed by atoms with Gasteiger partial charge in [-0.1, -0.05) is 32.1 Å². The molecule has 0 fully saturated rings. The van der Waals surface area contributed by atoms with Crippen LogP contribution < -0.4 is 16.4 Å². The van der Waals surface area contributed by atoms with Gasteiger partial charge in [0.25, 0.3) is 0 Å². The maximum atomic E-state index is 11.6. The summed E-state index contributed by atoms with van der Waals surface area (Å²) in [7, 11) is 1.73. The normalized spacial score (nSPS) is 10.2. The van der Waals surface area contributed by atoms with Crippen LogP contribution in [0, 0.1) is 0 Å². The number of carbonyl (C=O) groups is 3. The predicted octanol–water partition coefficient (Wildman–Crippen LogP) is 0.980. The highest BCUT2D eigenvalue weighted by atomic mass is 16.5. The van der Waals surface area contributed by atoms with Crippen LogP contribution in [0.1, 0.15) is 57.8 Å². The summed E-state index contributed by atoms with van der Waals surface area (Å²) < 4.78 is 10.0. The zero-order valence-corrected chi connectivity index (χ0v) is 18.3. The average molecular weight is 436 g/mol. The summed E-state index contributed by atoms with van der Waals surface area (Å²) in [6.45, 7) is 2.46. The monoisotopic (exact) mass is 435 g/mol. The van der Waals surface area contributed by atoms with Crippen molar-refractivity contribution in [2.75, 3.05) is 53.1 Å². The Labute approximate surface area is 179 Å². The summed E-state index contributed by atoms with van der Waals surface area (Å²) in [6.07, 6.45) is 8.73. The maximum absolute atomic E-state index is 11.6. The van der Waals surface area contributed by atoms with Crippen molar-refractivity contribution in [3.63, 3.8) is 0 Å². The predicted molar refractivity (Wildman–Crippen MR) is 114 cm³/mol. The van der Waals surface area contributed by atoms with E-state index in [0.29, 0.717) is 32.7 Å². The van der Waals surface area contributed by atoms with Crippen molar-refractivity contribution < 1.29 is 34.1 Å². The first-order chi connectivity index (χ1) is 14.4. The fraction of sp³-hybridized carbons (Fsp3) is 0.850. The van der Waals surface area contributed by atoms with Gasteiger partial charge in [-0.2, -0.15) is 0 Å². The molecule has 0 aliphatic heterocycles. The van der Waals surface area contributed by atoms with Crippen molar-refractivity contribution in [3.05, 3.63) is 0 Å². The first kappa shape index (κ1) is 30.4. The highest BCUT2D eigenvalue weighted by Gasteiger charge is 2.01. The third-order valence-corrected chi connectivity index (χ3v) is 3.86. The second kappa shape index (κ2) is 25.3. The Kier molecular flexibility index (Phi) is 25.7. The smallest absolute Gasteiger partial charge is 0.329 e. The van der Waals surface area contributed by atoms with Gasteiger partial charge in [0.15, 0.2) is 0 Å². The van der Waals surface area contributed by atoms with Crippen LogP contribution in [0.25, 0.3) is 0 Å². The van der Waals surface area contributed by atoms with E-state index in [-0.39, 0.29) is 25.5 Å². The molecular weight excluding hydrogens is 394 g/mol. The fourth-order valence-electron chi connectivity index (χ4n) is 2.28. The Balaban J connectivity index is 0. The second-order valence-electron chi connectivity index (χ2n) is 6.67. The molecule has 0 radical (unpaired) electrons. The van der Waals surface area contributed by atoms with Gasteiger partial charge in [-0.25, -0.2) is 4.79 Å². The molecule has 0 saturated carbocycles. The Hall–Kier alpha value is -1.75. The van der Waals surface area contributed by atoms with Gasteiger partial charge < -0.3 is 36.1 Å². The minimum atomic E-state index is -0.993. The number of nitrogens with two attached hydrogens (primary N) is 1. The molecule has 0 aromatic rings. The average Bonchev–Trinajstić information content (AvgIpc) is 2.70. The van der Waals surface area contributed by atoms with Gasteiger partial charge in [0.05, 0.1) is 26.2 Å². The van der Waals surface area contributed by atoms with Crippen molar-refractivity contribution in [2.24, 2.45) is 5.73 Å². The number of hydrogen-bond donors (Lipinski definition) is 5. The van der Waals surface area contributed by atoms with Gasteiger partial charge in [-0.3, -0.25) is 9.59 Å². The van der Waals surface area contributed by atoms with Crippen LogP contribution in [-0.4, -0.2) is 81.2 Å². The van der Waals surface area contributed by atoms with E-state index in [0.717, 1.165) is 25.8 Å². The summed E-state index contributed by atoms with van der Waals surface area (Å²) in [5.74, 6) is -1.69. The lowest BCUT2D eigenvalue weighted by atomic mass is 10.1. The minimum Gasteiger partial charge on any atom is -0.481 e. The van der Waals surface area contributed by atoms with E-state index in [4.69, 9.17) is 25.4 Å². The first-order valence-electron chi connectivity index (χ1n) is 10.6. The molecule has 1 amide bonds. The van der Waals surface area contributed by atoms with Crippen LogP contribution in [0.5, 0.6) is 0 Å². The van der Waals surface area contributed by atoms with Crippen LogP contribution in [0.3, 0.4) is 0 Å².